The lowest BCUT2D eigenvalue weighted by Gasteiger charge is -2.16. The fourth-order valence-electron chi connectivity index (χ4n) is 2.06. The van der Waals surface area contributed by atoms with E-state index in [1.165, 1.54) is 11.4 Å². The fourth-order valence-corrected chi connectivity index (χ4v) is 2.99. The molecule has 8 heteroatoms. The Labute approximate surface area is 148 Å². The number of carboxylic acids is 1. The zero-order valence-corrected chi connectivity index (χ0v) is 14.1. The van der Waals surface area contributed by atoms with Gasteiger partial charge in [0.2, 0.25) is 0 Å². The third-order valence-electron chi connectivity index (χ3n) is 3.44. The smallest absolute Gasteiger partial charge is 0.407 e. The monoisotopic (exact) mass is 365 g/mol. The summed E-state index contributed by atoms with van der Waals surface area (Å²) in [5, 5.41) is 32.7. The van der Waals surface area contributed by atoms with Crippen molar-refractivity contribution in [3.05, 3.63) is 57.8 Å². The van der Waals surface area contributed by atoms with Crippen molar-refractivity contribution >= 4 is 23.4 Å². The van der Waals surface area contributed by atoms with Gasteiger partial charge in [-0.25, -0.2) is 9.59 Å². The molecule has 0 bridgehead atoms. The molecular formula is C17H19NO6S. The summed E-state index contributed by atoms with van der Waals surface area (Å²) in [6, 6.07) is 10.5. The summed E-state index contributed by atoms with van der Waals surface area (Å²) in [5.41, 5.74) is 0.925. The number of hydrogen-bond donors (Lipinski definition) is 4. The third kappa shape index (κ3) is 5.86. The highest BCUT2D eigenvalue weighted by atomic mass is 32.1. The molecule has 0 spiro atoms. The van der Waals surface area contributed by atoms with Crippen LogP contribution in [0.5, 0.6) is 0 Å². The molecule has 0 saturated carbocycles. The first kappa shape index (κ1) is 18.9. The van der Waals surface area contributed by atoms with Gasteiger partial charge >= 0.3 is 12.1 Å². The number of nitrogens with one attached hydrogen (secondary N) is 1. The lowest BCUT2D eigenvalue weighted by atomic mass is 10.1. The maximum absolute atomic E-state index is 11.6. The van der Waals surface area contributed by atoms with Crippen molar-refractivity contribution in [2.24, 2.45) is 0 Å². The van der Waals surface area contributed by atoms with Gasteiger partial charge in [-0.2, -0.15) is 0 Å². The molecular weight excluding hydrogens is 346 g/mol. The van der Waals surface area contributed by atoms with E-state index in [9.17, 15) is 19.8 Å². The second-order valence-electron chi connectivity index (χ2n) is 5.33. The number of aliphatic hydroxyl groups is 2. The summed E-state index contributed by atoms with van der Waals surface area (Å²) in [4.78, 5) is 22.8. The first-order chi connectivity index (χ1) is 12.0. The number of carbonyl (C=O) groups excluding carboxylic acids is 1. The highest BCUT2D eigenvalue weighted by molar-refractivity contribution is 7.10. The van der Waals surface area contributed by atoms with Crippen LogP contribution < -0.4 is 5.32 Å². The number of aliphatic hydroxyl groups excluding tert-OH is 2. The minimum Gasteiger partial charge on any atom is -0.478 e. The molecule has 2 atom stereocenters. The van der Waals surface area contributed by atoms with Crippen LogP contribution in [0.3, 0.4) is 0 Å². The first-order valence-corrected chi connectivity index (χ1v) is 8.47. The highest BCUT2D eigenvalue weighted by Crippen LogP contribution is 2.25. The molecule has 0 aliphatic heterocycles. The number of rotatable bonds is 8. The van der Waals surface area contributed by atoms with Crippen LogP contribution in [0.25, 0.3) is 0 Å². The molecule has 2 rings (SSSR count). The number of aromatic carboxylic acids is 1. The van der Waals surface area contributed by atoms with Crippen LogP contribution >= 0.6 is 11.3 Å². The normalized spacial score (nSPS) is 13.0. The summed E-state index contributed by atoms with van der Waals surface area (Å²) >= 11 is 1.06. The second kappa shape index (κ2) is 9.16. The molecule has 0 saturated heterocycles. The van der Waals surface area contributed by atoms with Gasteiger partial charge in [-0.1, -0.05) is 30.3 Å². The molecule has 0 radical (unpaired) electrons. The van der Waals surface area contributed by atoms with Gasteiger partial charge in [0, 0.05) is 16.8 Å². The van der Waals surface area contributed by atoms with Crippen molar-refractivity contribution in [1.82, 2.24) is 5.32 Å². The molecule has 2 unspecified atom stereocenters. The van der Waals surface area contributed by atoms with Crippen LogP contribution in [-0.2, 0) is 11.3 Å². The molecule has 1 amide bonds. The number of alkyl carbamates (subject to hydrolysis) is 1. The number of carboxylic acid groups (broad SMARTS) is 1. The Morgan fingerprint density at radius 1 is 1.20 bits per heavy atom. The second-order valence-corrected chi connectivity index (χ2v) is 6.28. The van der Waals surface area contributed by atoms with Crippen molar-refractivity contribution in [3.8, 4) is 0 Å². The van der Waals surface area contributed by atoms with Crippen molar-refractivity contribution < 1.29 is 29.6 Å². The van der Waals surface area contributed by atoms with E-state index in [1.807, 2.05) is 30.3 Å². The number of hydrogen-bond acceptors (Lipinski definition) is 6. The van der Waals surface area contributed by atoms with E-state index in [2.05, 4.69) is 5.32 Å². The lowest BCUT2D eigenvalue weighted by Crippen LogP contribution is -2.29. The van der Waals surface area contributed by atoms with Crippen LogP contribution in [0.4, 0.5) is 4.79 Å². The van der Waals surface area contributed by atoms with Crippen molar-refractivity contribution in [2.45, 2.75) is 25.2 Å². The Morgan fingerprint density at radius 2 is 1.92 bits per heavy atom. The number of thiophene rings is 1. The Morgan fingerprint density at radius 3 is 2.56 bits per heavy atom. The molecule has 0 aliphatic carbocycles. The number of ether oxygens (including phenoxy) is 1. The molecule has 1 aromatic heterocycles. The molecule has 134 valence electrons. The van der Waals surface area contributed by atoms with Gasteiger partial charge in [0.25, 0.3) is 0 Å². The van der Waals surface area contributed by atoms with Crippen LogP contribution in [0.1, 0.15) is 33.3 Å². The van der Waals surface area contributed by atoms with Crippen molar-refractivity contribution in [3.63, 3.8) is 0 Å². The molecule has 1 heterocycles. The average molecular weight is 365 g/mol. The molecule has 25 heavy (non-hydrogen) atoms. The van der Waals surface area contributed by atoms with E-state index in [1.54, 1.807) is 0 Å². The molecule has 7 nitrogen and oxygen atoms in total. The Hall–Kier alpha value is -2.42. The van der Waals surface area contributed by atoms with Crippen LogP contribution in [-0.4, -0.2) is 40.0 Å². The average Bonchev–Trinajstić information content (AvgIpc) is 3.10. The molecule has 0 fully saturated rings. The summed E-state index contributed by atoms with van der Waals surface area (Å²) < 4.78 is 5.03. The van der Waals surface area contributed by atoms with Crippen molar-refractivity contribution in [1.29, 1.82) is 0 Å². The van der Waals surface area contributed by atoms with E-state index in [-0.39, 0.29) is 25.1 Å². The lowest BCUT2D eigenvalue weighted by molar-refractivity contribution is 0.0157. The van der Waals surface area contributed by atoms with E-state index in [4.69, 9.17) is 9.84 Å². The van der Waals surface area contributed by atoms with E-state index >= 15 is 0 Å². The largest absolute Gasteiger partial charge is 0.478 e. The predicted molar refractivity (Wildman–Crippen MR) is 91.5 cm³/mol. The van der Waals surface area contributed by atoms with Crippen LogP contribution in [0, 0.1) is 0 Å². The first-order valence-electron chi connectivity index (χ1n) is 7.59. The predicted octanol–water partition coefficient (Wildman–Crippen LogP) is 2.16. The fraction of sp³-hybridized carbons (Fsp3) is 0.294. The highest BCUT2D eigenvalue weighted by Gasteiger charge is 2.21. The zero-order chi connectivity index (χ0) is 18.2. The van der Waals surface area contributed by atoms with Gasteiger partial charge in [-0.05, 0) is 18.1 Å². The maximum atomic E-state index is 11.6. The summed E-state index contributed by atoms with van der Waals surface area (Å²) in [6.07, 6.45) is -2.85. The van der Waals surface area contributed by atoms with Gasteiger partial charge in [-0.15, -0.1) is 11.3 Å². The summed E-state index contributed by atoms with van der Waals surface area (Å²) in [5.74, 6) is -1.09. The molecule has 1 aromatic carbocycles. The minimum atomic E-state index is -1.21. The van der Waals surface area contributed by atoms with E-state index < -0.39 is 24.3 Å². The van der Waals surface area contributed by atoms with E-state index in [0.717, 1.165) is 16.9 Å². The minimum absolute atomic E-state index is 0.0638. The number of carbonyl (C=O) groups is 2. The number of benzene rings is 1. The van der Waals surface area contributed by atoms with Gasteiger partial charge in [0.15, 0.2) is 0 Å². The molecule has 4 N–H and O–H groups in total. The quantitative estimate of drug-likeness (QED) is 0.570. The number of amides is 1. The van der Waals surface area contributed by atoms with Gasteiger partial charge in [-0.3, -0.25) is 0 Å². The summed E-state index contributed by atoms with van der Waals surface area (Å²) in [7, 11) is 0. The SMILES string of the molecule is O=C(NCCC(O)C(O)c1cc(C(=O)O)cs1)OCc1ccccc1. The van der Waals surface area contributed by atoms with Gasteiger partial charge in [0.1, 0.15) is 12.7 Å². The maximum Gasteiger partial charge on any atom is 0.407 e. The Bertz CT molecular complexity index is 702. The Kier molecular flexibility index (Phi) is 6.93. The summed E-state index contributed by atoms with van der Waals surface area (Å²) in [6.45, 7) is 0.258. The van der Waals surface area contributed by atoms with Crippen LogP contribution in [0.2, 0.25) is 0 Å². The third-order valence-corrected chi connectivity index (χ3v) is 4.45. The van der Waals surface area contributed by atoms with E-state index in [0.29, 0.717) is 4.88 Å². The molecule has 0 aliphatic rings. The van der Waals surface area contributed by atoms with Crippen LogP contribution in [0.15, 0.2) is 41.8 Å². The topological polar surface area (TPSA) is 116 Å². The standard InChI is InChI=1S/C17H19NO6S/c19-13(15(20)14-8-12(10-25-14)16(21)22)6-7-18-17(23)24-9-11-4-2-1-3-5-11/h1-5,8,10,13,15,19-20H,6-7,9H2,(H,18,23)(H,21,22). The van der Waals surface area contributed by atoms with Crippen molar-refractivity contribution in [2.75, 3.05) is 6.54 Å². The van der Waals surface area contributed by atoms with Gasteiger partial charge in [0.05, 0.1) is 11.7 Å². The molecule has 2 aromatic rings. The Balaban J connectivity index is 1.70. The zero-order valence-electron chi connectivity index (χ0n) is 13.3. The van der Waals surface area contributed by atoms with Gasteiger partial charge < -0.3 is 25.4 Å².